The van der Waals surface area contributed by atoms with Crippen LogP contribution in [0.4, 0.5) is 5.82 Å². The van der Waals surface area contributed by atoms with E-state index in [0.717, 1.165) is 23.1 Å². The summed E-state index contributed by atoms with van der Waals surface area (Å²) in [5, 5.41) is 2.94. The molecule has 15 heavy (non-hydrogen) atoms. The average molecular weight is 272 g/mol. The maximum absolute atomic E-state index is 5.50. The smallest absolute Gasteiger partial charge is 0.233 e. The van der Waals surface area contributed by atoms with Crippen LogP contribution in [0.25, 0.3) is 0 Å². The van der Waals surface area contributed by atoms with Crippen LogP contribution in [0.3, 0.4) is 0 Å². The SMILES string of the molecule is C=CCCCOc1ncnc(NC)c1Br. The topological polar surface area (TPSA) is 47.0 Å². The van der Waals surface area contributed by atoms with Crippen LogP contribution in [0, 0.1) is 0 Å². The van der Waals surface area contributed by atoms with Crippen molar-refractivity contribution in [2.75, 3.05) is 19.0 Å². The van der Waals surface area contributed by atoms with E-state index < -0.39 is 0 Å². The van der Waals surface area contributed by atoms with E-state index in [1.807, 2.05) is 6.08 Å². The van der Waals surface area contributed by atoms with Gasteiger partial charge in [0.25, 0.3) is 0 Å². The van der Waals surface area contributed by atoms with Gasteiger partial charge >= 0.3 is 0 Å². The molecular weight excluding hydrogens is 258 g/mol. The highest BCUT2D eigenvalue weighted by Gasteiger charge is 2.07. The second kappa shape index (κ2) is 6.40. The van der Waals surface area contributed by atoms with Crippen molar-refractivity contribution in [3.8, 4) is 5.88 Å². The van der Waals surface area contributed by atoms with Crippen LogP contribution < -0.4 is 10.1 Å². The quantitative estimate of drug-likeness (QED) is 0.638. The fourth-order valence-corrected chi connectivity index (χ4v) is 1.54. The van der Waals surface area contributed by atoms with Crippen molar-refractivity contribution in [2.45, 2.75) is 12.8 Å². The predicted molar refractivity (Wildman–Crippen MR) is 64.2 cm³/mol. The molecule has 0 bridgehead atoms. The number of ether oxygens (including phenoxy) is 1. The fourth-order valence-electron chi connectivity index (χ4n) is 1.03. The molecule has 0 radical (unpaired) electrons. The van der Waals surface area contributed by atoms with Gasteiger partial charge in [0.15, 0.2) is 0 Å². The molecule has 4 nitrogen and oxygen atoms in total. The molecule has 0 aliphatic carbocycles. The van der Waals surface area contributed by atoms with E-state index in [-0.39, 0.29) is 0 Å². The van der Waals surface area contributed by atoms with Crippen molar-refractivity contribution >= 4 is 21.7 Å². The number of aromatic nitrogens is 2. The highest BCUT2D eigenvalue weighted by atomic mass is 79.9. The van der Waals surface area contributed by atoms with Gasteiger partial charge in [0.05, 0.1) is 6.61 Å². The Hall–Kier alpha value is -1.10. The molecule has 1 heterocycles. The lowest BCUT2D eigenvalue weighted by atomic mass is 10.3. The van der Waals surface area contributed by atoms with Crippen LogP contribution in [0.5, 0.6) is 5.88 Å². The average Bonchev–Trinajstić information content (AvgIpc) is 2.26. The Kier molecular flexibility index (Phi) is 5.10. The second-order valence-corrected chi connectivity index (χ2v) is 3.66. The molecule has 1 rings (SSSR count). The molecule has 1 aromatic heterocycles. The molecule has 0 atom stereocenters. The summed E-state index contributed by atoms with van der Waals surface area (Å²) in [5.41, 5.74) is 0. The van der Waals surface area contributed by atoms with E-state index in [1.54, 1.807) is 7.05 Å². The number of hydrogen-bond donors (Lipinski definition) is 1. The Morgan fingerprint density at radius 3 is 3.07 bits per heavy atom. The maximum Gasteiger partial charge on any atom is 0.233 e. The van der Waals surface area contributed by atoms with Crippen LogP contribution in [0.2, 0.25) is 0 Å². The number of rotatable bonds is 6. The molecular formula is C10H14BrN3O. The summed E-state index contributed by atoms with van der Waals surface area (Å²) < 4.78 is 6.25. The molecule has 0 fully saturated rings. The van der Waals surface area contributed by atoms with E-state index in [1.165, 1.54) is 6.33 Å². The number of nitrogens with zero attached hydrogens (tertiary/aromatic N) is 2. The predicted octanol–water partition coefficient (Wildman–Crippen LogP) is 2.63. The first-order valence-corrected chi connectivity index (χ1v) is 5.50. The van der Waals surface area contributed by atoms with Crippen molar-refractivity contribution in [2.24, 2.45) is 0 Å². The Balaban J connectivity index is 2.56. The summed E-state index contributed by atoms with van der Waals surface area (Å²) in [4.78, 5) is 8.08. The van der Waals surface area contributed by atoms with Crippen molar-refractivity contribution in [3.63, 3.8) is 0 Å². The first-order chi connectivity index (χ1) is 7.29. The van der Waals surface area contributed by atoms with Crippen molar-refractivity contribution in [1.82, 2.24) is 9.97 Å². The molecule has 0 spiro atoms. The van der Waals surface area contributed by atoms with Crippen LogP contribution in [-0.4, -0.2) is 23.6 Å². The van der Waals surface area contributed by atoms with Gasteiger partial charge in [-0.25, -0.2) is 9.97 Å². The first kappa shape index (κ1) is 12.0. The molecule has 1 N–H and O–H groups in total. The Labute approximate surface area is 97.9 Å². The summed E-state index contributed by atoms with van der Waals surface area (Å²) in [6.45, 7) is 4.28. The largest absolute Gasteiger partial charge is 0.477 e. The maximum atomic E-state index is 5.50. The molecule has 82 valence electrons. The molecule has 0 unspecified atom stereocenters. The molecule has 0 aliphatic rings. The zero-order valence-electron chi connectivity index (χ0n) is 8.66. The molecule has 0 saturated carbocycles. The fraction of sp³-hybridized carbons (Fsp3) is 0.400. The minimum atomic E-state index is 0.568. The summed E-state index contributed by atoms with van der Waals surface area (Å²) >= 11 is 3.38. The lowest BCUT2D eigenvalue weighted by Crippen LogP contribution is -2.02. The zero-order chi connectivity index (χ0) is 11.1. The highest BCUT2D eigenvalue weighted by Crippen LogP contribution is 2.27. The second-order valence-electron chi connectivity index (χ2n) is 2.87. The van der Waals surface area contributed by atoms with Crippen LogP contribution in [0.15, 0.2) is 23.5 Å². The van der Waals surface area contributed by atoms with Gasteiger partial charge < -0.3 is 10.1 Å². The monoisotopic (exact) mass is 271 g/mol. The zero-order valence-corrected chi connectivity index (χ0v) is 10.2. The molecule has 0 aromatic carbocycles. The number of nitrogens with one attached hydrogen (secondary N) is 1. The summed E-state index contributed by atoms with van der Waals surface area (Å²) in [7, 11) is 1.80. The van der Waals surface area contributed by atoms with E-state index in [9.17, 15) is 0 Å². The molecule has 0 amide bonds. The van der Waals surface area contributed by atoms with Crippen LogP contribution in [0.1, 0.15) is 12.8 Å². The number of hydrogen-bond acceptors (Lipinski definition) is 4. The molecule has 1 aromatic rings. The summed E-state index contributed by atoms with van der Waals surface area (Å²) in [6, 6.07) is 0. The van der Waals surface area contributed by atoms with Crippen molar-refractivity contribution in [1.29, 1.82) is 0 Å². The lowest BCUT2D eigenvalue weighted by molar-refractivity contribution is 0.298. The van der Waals surface area contributed by atoms with Gasteiger partial charge in [0, 0.05) is 7.05 Å². The molecule has 5 heteroatoms. The Morgan fingerprint density at radius 1 is 1.60 bits per heavy atom. The van der Waals surface area contributed by atoms with Gasteiger partial charge in [-0.05, 0) is 28.8 Å². The highest BCUT2D eigenvalue weighted by molar-refractivity contribution is 9.10. The standard InChI is InChI=1S/C10H14BrN3O/c1-3-4-5-6-15-10-8(11)9(12-2)13-7-14-10/h3,7H,1,4-6H2,2H3,(H,12,13,14). The molecule has 0 aliphatic heterocycles. The van der Waals surface area contributed by atoms with Gasteiger partial charge in [0.2, 0.25) is 5.88 Å². The van der Waals surface area contributed by atoms with Gasteiger partial charge in [-0.1, -0.05) is 6.08 Å². The third-order valence-electron chi connectivity index (χ3n) is 1.79. The number of allylic oxidation sites excluding steroid dienone is 1. The van der Waals surface area contributed by atoms with E-state index in [4.69, 9.17) is 4.74 Å². The molecule has 0 saturated heterocycles. The lowest BCUT2D eigenvalue weighted by Gasteiger charge is -2.08. The van der Waals surface area contributed by atoms with Gasteiger partial charge in [0.1, 0.15) is 16.6 Å². The number of unbranched alkanes of at least 4 members (excludes halogenated alkanes) is 1. The van der Waals surface area contributed by atoms with E-state index in [2.05, 4.69) is 37.8 Å². The van der Waals surface area contributed by atoms with E-state index >= 15 is 0 Å². The minimum Gasteiger partial charge on any atom is -0.477 e. The van der Waals surface area contributed by atoms with Crippen LogP contribution in [-0.2, 0) is 0 Å². The minimum absolute atomic E-state index is 0.568. The normalized spacial score (nSPS) is 9.73. The van der Waals surface area contributed by atoms with Crippen molar-refractivity contribution < 1.29 is 4.74 Å². The van der Waals surface area contributed by atoms with Gasteiger partial charge in [-0.15, -0.1) is 6.58 Å². The van der Waals surface area contributed by atoms with Gasteiger partial charge in [-0.3, -0.25) is 0 Å². The third kappa shape index (κ3) is 3.51. The van der Waals surface area contributed by atoms with Gasteiger partial charge in [-0.2, -0.15) is 0 Å². The van der Waals surface area contributed by atoms with Crippen molar-refractivity contribution in [3.05, 3.63) is 23.5 Å². The Morgan fingerprint density at radius 2 is 2.40 bits per heavy atom. The van der Waals surface area contributed by atoms with E-state index in [0.29, 0.717) is 12.5 Å². The third-order valence-corrected chi connectivity index (χ3v) is 2.50. The number of anilines is 1. The Bertz CT molecular complexity index is 330. The first-order valence-electron chi connectivity index (χ1n) is 4.71. The van der Waals surface area contributed by atoms with Crippen LogP contribution >= 0.6 is 15.9 Å². The summed E-state index contributed by atoms with van der Waals surface area (Å²) in [5.74, 6) is 1.29. The summed E-state index contributed by atoms with van der Waals surface area (Å²) in [6.07, 6.45) is 5.23. The number of halogens is 1.